The molecule has 0 N–H and O–H groups in total. The fourth-order valence-corrected chi connectivity index (χ4v) is 6.87. The molecule has 0 radical (unpaired) electrons. The second-order valence-electron chi connectivity index (χ2n) is 9.30. The number of rotatable bonds is 11. The zero-order chi connectivity index (χ0) is 29.2. The molecule has 0 heterocycles. The summed E-state index contributed by atoms with van der Waals surface area (Å²) in [6, 6.07) is 6.01. The number of sulfone groups is 1. The number of hydrogen-bond donors (Lipinski definition) is 0. The Morgan fingerprint density at radius 1 is 1.05 bits per heavy atom. The average Bonchev–Trinajstić information content (AvgIpc) is 2.71. The maximum absolute atomic E-state index is 15.1. The Kier molecular flexibility index (Phi) is 10.9. The SMILES string of the molecule is C[C@@H](CC(=O)c1ccc(/C(F)=C/C(c2cc(Cl)c(Cl)c(Cl)c2)C(C)(F)F)cc1Br)CS(=O)(=O)CC(C)(F)F. The van der Waals surface area contributed by atoms with Crippen LogP contribution in [0.25, 0.3) is 5.83 Å². The van der Waals surface area contributed by atoms with Gasteiger partial charge in [-0.15, -0.1) is 0 Å². The quantitative estimate of drug-likeness (QED) is 0.135. The molecule has 210 valence electrons. The number of hydrogen-bond acceptors (Lipinski definition) is 3. The highest BCUT2D eigenvalue weighted by Crippen LogP contribution is 2.41. The van der Waals surface area contributed by atoms with E-state index in [1.807, 2.05) is 0 Å². The van der Waals surface area contributed by atoms with Crippen LogP contribution in [0.4, 0.5) is 22.0 Å². The molecule has 2 atom stereocenters. The standard InChI is InChI=1S/C25H23BrCl3F5O3S/c1-13(11-38(36,37)12-24(2,31)32)6-22(35)16-5-4-14(7-18(16)26)21(30)10-17(25(3,33)34)15-8-19(27)23(29)20(28)9-15/h4-5,7-10,13,17H,6,11-12H2,1-3H3/b21-10-/t13-,17?/m0/s1. The van der Waals surface area contributed by atoms with Crippen molar-refractivity contribution < 1.29 is 35.2 Å². The number of Topliss-reactive ketones (excluding diaryl/α,β-unsaturated/α-hetero) is 1. The molecule has 13 heteroatoms. The van der Waals surface area contributed by atoms with E-state index in [4.69, 9.17) is 34.8 Å². The molecule has 0 aliphatic carbocycles. The minimum atomic E-state index is -4.11. The lowest BCUT2D eigenvalue weighted by atomic mass is 9.91. The number of alkyl halides is 4. The number of ketones is 1. The molecule has 0 amide bonds. The van der Waals surface area contributed by atoms with E-state index in [1.165, 1.54) is 37.3 Å². The molecule has 2 rings (SSSR count). The zero-order valence-electron chi connectivity index (χ0n) is 20.3. The molecule has 3 nitrogen and oxygen atoms in total. The summed E-state index contributed by atoms with van der Waals surface area (Å²) < 4.78 is 94.2. The van der Waals surface area contributed by atoms with Crippen molar-refractivity contribution in [3.8, 4) is 0 Å². The van der Waals surface area contributed by atoms with Gasteiger partial charge in [-0.2, -0.15) is 0 Å². The van der Waals surface area contributed by atoms with Gasteiger partial charge >= 0.3 is 0 Å². The normalized spacial score (nSPS) is 14.9. The van der Waals surface area contributed by atoms with Crippen LogP contribution in [0.3, 0.4) is 0 Å². The highest BCUT2D eigenvalue weighted by Gasteiger charge is 2.35. The fraction of sp³-hybridized carbons (Fsp3) is 0.400. The summed E-state index contributed by atoms with van der Waals surface area (Å²) in [5, 5.41) is -0.180. The smallest absolute Gasteiger partial charge is 0.259 e. The highest BCUT2D eigenvalue weighted by molar-refractivity contribution is 9.10. The fourth-order valence-electron chi connectivity index (χ4n) is 3.79. The molecular weight excluding hydrogens is 662 g/mol. The van der Waals surface area contributed by atoms with E-state index in [0.717, 1.165) is 0 Å². The lowest BCUT2D eigenvalue weighted by Crippen LogP contribution is -2.28. The van der Waals surface area contributed by atoms with E-state index in [-0.39, 0.29) is 42.7 Å². The highest BCUT2D eigenvalue weighted by atomic mass is 79.9. The van der Waals surface area contributed by atoms with E-state index in [0.29, 0.717) is 19.9 Å². The van der Waals surface area contributed by atoms with E-state index >= 15 is 4.39 Å². The van der Waals surface area contributed by atoms with Crippen LogP contribution in [0.2, 0.25) is 15.1 Å². The van der Waals surface area contributed by atoms with Crippen molar-refractivity contribution in [2.75, 3.05) is 11.5 Å². The third kappa shape index (κ3) is 9.47. The van der Waals surface area contributed by atoms with Crippen molar-refractivity contribution in [3.05, 3.63) is 72.6 Å². The summed E-state index contributed by atoms with van der Waals surface area (Å²) in [7, 11) is -4.11. The summed E-state index contributed by atoms with van der Waals surface area (Å²) in [5.41, 5.74) is -0.0995. The van der Waals surface area contributed by atoms with Gasteiger partial charge in [0.15, 0.2) is 15.6 Å². The third-order valence-corrected chi connectivity index (χ3v) is 9.19. The molecule has 0 aliphatic heterocycles. The largest absolute Gasteiger partial charge is 0.294 e. The minimum Gasteiger partial charge on any atom is -0.294 e. The molecule has 0 aliphatic rings. The Morgan fingerprint density at radius 3 is 2.08 bits per heavy atom. The monoisotopic (exact) mass is 682 g/mol. The van der Waals surface area contributed by atoms with Crippen LogP contribution in [0.5, 0.6) is 0 Å². The van der Waals surface area contributed by atoms with Gasteiger partial charge in [0, 0.05) is 35.9 Å². The second kappa shape index (κ2) is 12.5. The topological polar surface area (TPSA) is 51.2 Å². The molecular formula is C25H23BrCl3F5O3S. The van der Waals surface area contributed by atoms with Crippen molar-refractivity contribution in [1.82, 2.24) is 0 Å². The van der Waals surface area contributed by atoms with Crippen molar-refractivity contribution in [2.45, 2.75) is 45.0 Å². The molecule has 1 unspecified atom stereocenters. The number of halogens is 9. The molecule has 0 spiro atoms. The number of carbonyl (C=O) groups excluding carboxylic acids is 1. The number of carbonyl (C=O) groups is 1. The Hall–Kier alpha value is -1.20. The predicted molar refractivity (Wildman–Crippen MR) is 145 cm³/mol. The van der Waals surface area contributed by atoms with Gasteiger partial charge in [0.05, 0.1) is 26.7 Å². The van der Waals surface area contributed by atoms with E-state index in [9.17, 15) is 30.8 Å². The first-order valence-electron chi connectivity index (χ1n) is 11.0. The van der Waals surface area contributed by atoms with Crippen LogP contribution in [0.1, 0.15) is 54.6 Å². The van der Waals surface area contributed by atoms with Gasteiger partial charge in [0.1, 0.15) is 11.6 Å². The van der Waals surface area contributed by atoms with E-state index in [1.54, 1.807) is 0 Å². The maximum atomic E-state index is 15.1. The zero-order valence-corrected chi connectivity index (χ0v) is 24.9. The average molecular weight is 685 g/mol. The molecule has 0 bridgehead atoms. The Morgan fingerprint density at radius 2 is 1.61 bits per heavy atom. The van der Waals surface area contributed by atoms with E-state index in [2.05, 4.69) is 15.9 Å². The summed E-state index contributed by atoms with van der Waals surface area (Å²) in [6.07, 6.45) is 0.433. The van der Waals surface area contributed by atoms with Crippen LogP contribution in [0, 0.1) is 5.92 Å². The molecule has 0 fully saturated rings. The summed E-state index contributed by atoms with van der Waals surface area (Å²) in [5.74, 6) is -12.8. The van der Waals surface area contributed by atoms with Crippen molar-refractivity contribution in [3.63, 3.8) is 0 Å². The molecule has 2 aromatic rings. The Labute approximate surface area is 241 Å². The minimum absolute atomic E-state index is 0.0286. The lowest BCUT2D eigenvalue weighted by molar-refractivity contribution is 0.00667. The van der Waals surface area contributed by atoms with Gasteiger partial charge in [0.25, 0.3) is 11.8 Å². The second-order valence-corrected chi connectivity index (χ2v) is 13.5. The molecule has 0 saturated carbocycles. The summed E-state index contributed by atoms with van der Waals surface area (Å²) in [6.45, 7) is 2.54. The lowest BCUT2D eigenvalue weighted by Gasteiger charge is -2.22. The van der Waals surface area contributed by atoms with Gasteiger partial charge < -0.3 is 0 Å². The number of benzene rings is 2. The van der Waals surface area contributed by atoms with Crippen LogP contribution < -0.4 is 0 Å². The van der Waals surface area contributed by atoms with E-state index < -0.39 is 56.6 Å². The van der Waals surface area contributed by atoms with Crippen LogP contribution in [0.15, 0.2) is 40.9 Å². The number of allylic oxidation sites excluding steroid dienone is 1. The first-order valence-corrected chi connectivity index (χ1v) is 14.8. The van der Waals surface area contributed by atoms with Gasteiger partial charge in [-0.3, -0.25) is 4.79 Å². The molecule has 0 saturated heterocycles. The van der Waals surface area contributed by atoms with Crippen LogP contribution in [-0.2, 0) is 9.84 Å². The van der Waals surface area contributed by atoms with Crippen molar-refractivity contribution in [2.24, 2.45) is 5.92 Å². The third-order valence-electron chi connectivity index (χ3n) is 5.32. The van der Waals surface area contributed by atoms with Crippen molar-refractivity contribution >= 4 is 72.2 Å². The first kappa shape index (κ1) is 33.0. The van der Waals surface area contributed by atoms with Gasteiger partial charge in [-0.25, -0.2) is 30.4 Å². The van der Waals surface area contributed by atoms with Gasteiger partial charge in [-0.05, 0) is 41.8 Å². The molecule has 0 aromatic heterocycles. The predicted octanol–water partition coefficient (Wildman–Crippen LogP) is 9.44. The summed E-state index contributed by atoms with van der Waals surface area (Å²) in [4.78, 5) is 12.7. The maximum Gasteiger partial charge on any atom is 0.259 e. The van der Waals surface area contributed by atoms with Gasteiger partial charge in [-0.1, -0.05) is 63.7 Å². The van der Waals surface area contributed by atoms with Crippen molar-refractivity contribution in [1.29, 1.82) is 0 Å². The Bertz CT molecular complexity index is 1320. The summed E-state index contributed by atoms with van der Waals surface area (Å²) >= 11 is 20.9. The molecule has 38 heavy (non-hydrogen) atoms. The first-order chi connectivity index (χ1) is 17.2. The van der Waals surface area contributed by atoms with Gasteiger partial charge in [0.2, 0.25) is 0 Å². The molecule has 2 aromatic carbocycles. The van der Waals surface area contributed by atoms with Crippen LogP contribution >= 0.6 is 50.7 Å². The Balaban J connectivity index is 2.28. The van der Waals surface area contributed by atoms with Crippen LogP contribution in [-0.4, -0.2) is 37.6 Å².